The van der Waals surface area contributed by atoms with E-state index in [9.17, 15) is 4.79 Å². The first kappa shape index (κ1) is 14.9. The number of rotatable bonds is 4. The predicted molar refractivity (Wildman–Crippen MR) is 86.7 cm³/mol. The van der Waals surface area contributed by atoms with Gasteiger partial charge in [0.25, 0.3) is 5.91 Å². The van der Waals surface area contributed by atoms with Crippen LogP contribution in [0.1, 0.15) is 21.8 Å². The molecule has 0 radical (unpaired) electrons. The highest BCUT2D eigenvalue weighted by Gasteiger charge is 2.18. The van der Waals surface area contributed by atoms with Gasteiger partial charge in [0, 0.05) is 5.56 Å². The van der Waals surface area contributed by atoms with Crippen LogP contribution in [0.15, 0.2) is 40.8 Å². The van der Waals surface area contributed by atoms with Gasteiger partial charge in [-0.05, 0) is 44.2 Å². The van der Waals surface area contributed by atoms with Gasteiger partial charge in [-0.15, -0.1) is 0 Å². The van der Waals surface area contributed by atoms with Crippen LogP contribution in [0.3, 0.4) is 0 Å². The fourth-order valence-corrected chi connectivity index (χ4v) is 2.27. The Balaban J connectivity index is 1.90. The number of aryl methyl sites for hydroxylation is 2. The van der Waals surface area contributed by atoms with E-state index in [0.717, 1.165) is 11.5 Å². The Morgan fingerprint density at radius 1 is 1.26 bits per heavy atom. The van der Waals surface area contributed by atoms with Crippen LogP contribution < -0.4 is 10.1 Å². The summed E-state index contributed by atoms with van der Waals surface area (Å²) in [7, 11) is 1.56. The zero-order valence-corrected chi connectivity index (χ0v) is 13.1. The highest BCUT2D eigenvalue weighted by atomic mass is 16.5. The summed E-state index contributed by atoms with van der Waals surface area (Å²) in [4.78, 5) is 12.5. The Hall–Kier alpha value is -3.02. The summed E-state index contributed by atoms with van der Waals surface area (Å²) >= 11 is 0. The quantitative estimate of drug-likeness (QED) is 0.772. The van der Waals surface area contributed by atoms with Gasteiger partial charge < -0.3 is 14.5 Å². The van der Waals surface area contributed by atoms with Crippen LogP contribution in [0.2, 0.25) is 0 Å². The zero-order valence-electron chi connectivity index (χ0n) is 13.1. The Morgan fingerprint density at radius 3 is 2.78 bits per heavy atom. The van der Waals surface area contributed by atoms with Crippen LogP contribution >= 0.6 is 0 Å². The Labute approximate surface area is 133 Å². The van der Waals surface area contributed by atoms with E-state index in [-0.39, 0.29) is 5.91 Å². The summed E-state index contributed by atoms with van der Waals surface area (Å²) in [6.45, 7) is 3.70. The van der Waals surface area contributed by atoms with E-state index < -0.39 is 0 Å². The SMILES string of the molecule is COc1cccc(C(=O)Nc2c(-c3ccc(C)o3)n[nH]c2C)c1. The van der Waals surface area contributed by atoms with E-state index in [2.05, 4.69) is 15.5 Å². The topological polar surface area (TPSA) is 80.2 Å². The summed E-state index contributed by atoms with van der Waals surface area (Å²) in [6.07, 6.45) is 0. The highest BCUT2D eigenvalue weighted by molar-refractivity contribution is 6.06. The van der Waals surface area contributed by atoms with Gasteiger partial charge in [0.05, 0.1) is 18.5 Å². The fourth-order valence-electron chi connectivity index (χ4n) is 2.27. The number of methoxy groups -OCH3 is 1. The van der Waals surface area contributed by atoms with Crippen molar-refractivity contribution < 1.29 is 13.9 Å². The lowest BCUT2D eigenvalue weighted by Gasteiger charge is -2.07. The lowest BCUT2D eigenvalue weighted by molar-refractivity contribution is 0.102. The van der Waals surface area contributed by atoms with Gasteiger partial charge in [-0.3, -0.25) is 9.89 Å². The van der Waals surface area contributed by atoms with E-state index in [1.807, 2.05) is 26.0 Å². The molecule has 2 aromatic heterocycles. The number of aromatic nitrogens is 2. The molecule has 3 rings (SSSR count). The highest BCUT2D eigenvalue weighted by Crippen LogP contribution is 2.30. The molecular weight excluding hydrogens is 294 g/mol. The number of anilines is 1. The molecule has 6 nitrogen and oxygen atoms in total. The number of carbonyl (C=O) groups excluding carboxylic acids is 1. The van der Waals surface area contributed by atoms with Crippen molar-refractivity contribution in [2.24, 2.45) is 0 Å². The molecule has 0 bridgehead atoms. The number of carbonyl (C=O) groups is 1. The van der Waals surface area contributed by atoms with E-state index in [1.165, 1.54) is 0 Å². The predicted octanol–water partition coefficient (Wildman–Crippen LogP) is 3.55. The maximum atomic E-state index is 12.5. The van der Waals surface area contributed by atoms with Crippen LogP contribution in [0.4, 0.5) is 5.69 Å². The average molecular weight is 311 g/mol. The molecule has 0 unspecified atom stereocenters. The molecule has 2 N–H and O–H groups in total. The number of hydrogen-bond acceptors (Lipinski definition) is 4. The lowest BCUT2D eigenvalue weighted by atomic mass is 10.2. The molecule has 6 heteroatoms. The van der Waals surface area contributed by atoms with Gasteiger partial charge in [-0.25, -0.2) is 0 Å². The van der Waals surface area contributed by atoms with Gasteiger partial charge in [0.1, 0.15) is 11.5 Å². The first-order valence-electron chi connectivity index (χ1n) is 7.15. The zero-order chi connectivity index (χ0) is 16.4. The first-order chi connectivity index (χ1) is 11.1. The molecule has 0 aliphatic heterocycles. The molecule has 0 fully saturated rings. The minimum Gasteiger partial charge on any atom is -0.497 e. The second-order valence-electron chi connectivity index (χ2n) is 5.17. The van der Waals surface area contributed by atoms with Crippen LogP contribution in [-0.4, -0.2) is 23.2 Å². The van der Waals surface area contributed by atoms with Crippen molar-refractivity contribution in [1.82, 2.24) is 10.2 Å². The van der Waals surface area contributed by atoms with Gasteiger partial charge in [0.2, 0.25) is 0 Å². The van der Waals surface area contributed by atoms with Crippen molar-refractivity contribution >= 4 is 11.6 Å². The summed E-state index contributed by atoms with van der Waals surface area (Å²) in [5.41, 5.74) is 2.44. The second-order valence-corrected chi connectivity index (χ2v) is 5.17. The standard InChI is InChI=1S/C17H17N3O3/c1-10-7-8-14(23-10)16-15(11(2)19-20-16)18-17(21)12-5-4-6-13(9-12)22-3/h4-9H,1-3H3,(H,18,21)(H,19,20). The Morgan fingerprint density at radius 2 is 2.09 bits per heavy atom. The van der Waals surface area contributed by atoms with Crippen molar-refractivity contribution in [2.45, 2.75) is 13.8 Å². The van der Waals surface area contributed by atoms with Crippen LogP contribution in [0, 0.1) is 13.8 Å². The summed E-state index contributed by atoms with van der Waals surface area (Å²) in [5, 5.41) is 9.98. The second kappa shape index (κ2) is 6.00. The number of H-pyrrole nitrogens is 1. The van der Waals surface area contributed by atoms with Gasteiger partial charge >= 0.3 is 0 Å². The maximum absolute atomic E-state index is 12.5. The third-order valence-electron chi connectivity index (χ3n) is 3.49. The average Bonchev–Trinajstić information content (AvgIpc) is 3.14. The van der Waals surface area contributed by atoms with E-state index in [0.29, 0.717) is 28.5 Å². The molecule has 0 saturated carbocycles. The smallest absolute Gasteiger partial charge is 0.255 e. The molecule has 0 atom stereocenters. The molecule has 0 aliphatic carbocycles. The molecule has 0 spiro atoms. The summed E-state index contributed by atoms with van der Waals surface area (Å²) < 4.78 is 10.7. The Kier molecular flexibility index (Phi) is 3.89. The minimum atomic E-state index is -0.238. The van der Waals surface area contributed by atoms with Gasteiger partial charge in [-0.1, -0.05) is 6.07 Å². The normalized spacial score (nSPS) is 10.6. The van der Waals surface area contributed by atoms with Crippen molar-refractivity contribution in [1.29, 1.82) is 0 Å². The third-order valence-corrected chi connectivity index (χ3v) is 3.49. The van der Waals surface area contributed by atoms with Crippen molar-refractivity contribution in [2.75, 3.05) is 12.4 Å². The van der Waals surface area contributed by atoms with Crippen LogP contribution in [-0.2, 0) is 0 Å². The van der Waals surface area contributed by atoms with Crippen molar-refractivity contribution in [3.05, 3.63) is 53.4 Å². The lowest BCUT2D eigenvalue weighted by Crippen LogP contribution is -2.12. The van der Waals surface area contributed by atoms with Gasteiger partial charge in [0.15, 0.2) is 11.5 Å². The number of hydrogen-bond donors (Lipinski definition) is 2. The third kappa shape index (κ3) is 2.96. The number of amides is 1. The molecule has 1 aromatic carbocycles. The molecule has 118 valence electrons. The van der Waals surface area contributed by atoms with Crippen molar-refractivity contribution in [3.8, 4) is 17.2 Å². The largest absolute Gasteiger partial charge is 0.497 e. The fraction of sp³-hybridized carbons (Fsp3) is 0.176. The first-order valence-corrected chi connectivity index (χ1v) is 7.15. The molecule has 0 aliphatic rings. The number of nitrogens with one attached hydrogen (secondary N) is 2. The molecule has 1 amide bonds. The number of benzene rings is 1. The number of ether oxygens (including phenoxy) is 1. The van der Waals surface area contributed by atoms with Crippen LogP contribution in [0.25, 0.3) is 11.5 Å². The number of furan rings is 1. The number of aromatic amines is 1. The molecule has 3 aromatic rings. The van der Waals surface area contributed by atoms with Crippen LogP contribution in [0.5, 0.6) is 5.75 Å². The van der Waals surface area contributed by atoms with Gasteiger partial charge in [-0.2, -0.15) is 5.10 Å². The van der Waals surface area contributed by atoms with E-state index in [4.69, 9.17) is 9.15 Å². The monoisotopic (exact) mass is 311 g/mol. The summed E-state index contributed by atoms with van der Waals surface area (Å²) in [6, 6.07) is 10.6. The van der Waals surface area contributed by atoms with Crippen molar-refractivity contribution in [3.63, 3.8) is 0 Å². The molecule has 0 saturated heterocycles. The van der Waals surface area contributed by atoms with E-state index in [1.54, 1.807) is 31.4 Å². The molecule has 23 heavy (non-hydrogen) atoms. The minimum absolute atomic E-state index is 0.238. The maximum Gasteiger partial charge on any atom is 0.255 e. The summed E-state index contributed by atoms with van der Waals surface area (Å²) in [5.74, 6) is 1.78. The molecular formula is C17H17N3O3. The molecule has 2 heterocycles. The Bertz CT molecular complexity index is 848. The number of nitrogens with zero attached hydrogens (tertiary/aromatic N) is 1. The van der Waals surface area contributed by atoms with E-state index >= 15 is 0 Å².